The molecule has 0 aromatic carbocycles. The lowest BCUT2D eigenvalue weighted by molar-refractivity contribution is 0.569. The van der Waals surface area contributed by atoms with Crippen LogP contribution in [-0.4, -0.2) is 18.1 Å². The third-order valence-electron chi connectivity index (χ3n) is 3.04. The molecule has 0 aliphatic carbocycles. The first-order valence-corrected chi connectivity index (χ1v) is 7.47. The monoisotopic (exact) mass is 275 g/mol. The van der Waals surface area contributed by atoms with Gasteiger partial charge in [0.1, 0.15) is 5.82 Å². The minimum absolute atomic E-state index is 0.135. The molecular formula is C15H21N3S. The van der Waals surface area contributed by atoms with E-state index in [1.165, 1.54) is 4.88 Å². The number of thiophene rings is 1. The Hall–Kier alpha value is -1.55. The number of pyridine rings is 1. The van der Waals surface area contributed by atoms with Crippen LogP contribution in [0.4, 0.5) is 11.5 Å². The summed E-state index contributed by atoms with van der Waals surface area (Å²) in [5.41, 5.74) is 1.24. The molecule has 2 N–H and O–H groups in total. The van der Waals surface area contributed by atoms with E-state index in [4.69, 9.17) is 0 Å². The Balaban J connectivity index is 2.00. The Morgan fingerprint density at radius 3 is 2.79 bits per heavy atom. The number of anilines is 2. The third kappa shape index (κ3) is 3.70. The van der Waals surface area contributed by atoms with Gasteiger partial charge in [0.15, 0.2) is 0 Å². The Morgan fingerprint density at radius 1 is 1.26 bits per heavy atom. The molecule has 0 aliphatic rings. The van der Waals surface area contributed by atoms with Crippen molar-refractivity contribution in [2.24, 2.45) is 0 Å². The number of nitrogens with one attached hydrogen (secondary N) is 2. The molecule has 0 aliphatic heterocycles. The van der Waals surface area contributed by atoms with Crippen molar-refractivity contribution in [2.45, 2.75) is 26.2 Å². The van der Waals surface area contributed by atoms with Crippen LogP contribution < -0.4 is 10.6 Å². The van der Waals surface area contributed by atoms with E-state index in [0.717, 1.165) is 24.6 Å². The van der Waals surface area contributed by atoms with E-state index in [-0.39, 0.29) is 5.41 Å². The van der Waals surface area contributed by atoms with Crippen molar-refractivity contribution in [2.75, 3.05) is 23.7 Å². The molecule has 2 aromatic rings. The highest BCUT2D eigenvalue weighted by Gasteiger charge is 2.21. The van der Waals surface area contributed by atoms with Gasteiger partial charge in [0.05, 0.1) is 0 Å². The third-order valence-corrected chi connectivity index (χ3v) is 4.28. The van der Waals surface area contributed by atoms with Crippen LogP contribution in [0.1, 0.15) is 25.6 Å². The van der Waals surface area contributed by atoms with Crippen molar-refractivity contribution in [1.82, 2.24) is 4.98 Å². The van der Waals surface area contributed by atoms with Crippen molar-refractivity contribution < 1.29 is 0 Å². The average Bonchev–Trinajstić information content (AvgIpc) is 2.92. The first-order chi connectivity index (χ1) is 9.12. The van der Waals surface area contributed by atoms with Crippen LogP contribution in [0.3, 0.4) is 0 Å². The molecule has 0 fully saturated rings. The predicted octanol–water partition coefficient (Wildman–Crippen LogP) is 3.96. The lowest BCUT2D eigenvalue weighted by atomic mass is 9.91. The zero-order valence-corrected chi connectivity index (χ0v) is 12.6. The van der Waals surface area contributed by atoms with Gasteiger partial charge >= 0.3 is 0 Å². The Kier molecular flexibility index (Phi) is 4.43. The van der Waals surface area contributed by atoms with Gasteiger partial charge in [0.25, 0.3) is 0 Å². The first kappa shape index (κ1) is 13.9. The number of hydrogen-bond acceptors (Lipinski definition) is 4. The van der Waals surface area contributed by atoms with Gasteiger partial charge in [-0.2, -0.15) is 0 Å². The van der Waals surface area contributed by atoms with Gasteiger partial charge in [-0.15, -0.1) is 11.3 Å². The second-order valence-corrected chi connectivity index (χ2v) is 6.12. The van der Waals surface area contributed by atoms with E-state index in [9.17, 15) is 0 Å². The molecule has 102 valence electrons. The van der Waals surface area contributed by atoms with E-state index in [0.29, 0.717) is 0 Å². The molecule has 2 rings (SSSR count). The lowest BCUT2D eigenvalue weighted by Crippen LogP contribution is -2.26. The summed E-state index contributed by atoms with van der Waals surface area (Å²) in [5.74, 6) is 0.918. The van der Waals surface area contributed by atoms with Gasteiger partial charge < -0.3 is 10.6 Å². The molecule has 2 heterocycles. The molecule has 4 heteroatoms. The molecule has 0 spiro atoms. The Morgan fingerprint density at radius 2 is 2.11 bits per heavy atom. The standard InChI is InChI=1S/C15H21N3S/c1-4-16-14-10-12(7-8-17-14)18-11-15(2,3)13-6-5-9-19-13/h5-10H,4,11H2,1-3H3,(H2,16,17,18). The van der Waals surface area contributed by atoms with Gasteiger partial charge in [0, 0.05) is 41.3 Å². The topological polar surface area (TPSA) is 37.0 Å². The van der Waals surface area contributed by atoms with Crippen LogP contribution >= 0.6 is 11.3 Å². The molecule has 19 heavy (non-hydrogen) atoms. The molecule has 0 radical (unpaired) electrons. The predicted molar refractivity (Wildman–Crippen MR) is 84.2 cm³/mol. The summed E-state index contributed by atoms with van der Waals surface area (Å²) in [6.45, 7) is 8.39. The van der Waals surface area contributed by atoms with E-state index in [1.54, 1.807) is 0 Å². The van der Waals surface area contributed by atoms with Gasteiger partial charge in [-0.05, 0) is 24.4 Å². The fourth-order valence-corrected chi connectivity index (χ4v) is 2.74. The number of rotatable bonds is 6. The molecule has 3 nitrogen and oxygen atoms in total. The summed E-state index contributed by atoms with van der Waals surface area (Å²) in [4.78, 5) is 5.68. The second kappa shape index (κ2) is 6.06. The van der Waals surface area contributed by atoms with Crippen LogP contribution in [0.5, 0.6) is 0 Å². The summed E-state index contributed by atoms with van der Waals surface area (Å²) in [6, 6.07) is 8.36. The van der Waals surface area contributed by atoms with Crippen LogP contribution in [0, 0.1) is 0 Å². The second-order valence-electron chi connectivity index (χ2n) is 5.17. The smallest absolute Gasteiger partial charge is 0.127 e. The fourth-order valence-electron chi connectivity index (χ4n) is 1.89. The highest BCUT2D eigenvalue weighted by molar-refractivity contribution is 7.10. The highest BCUT2D eigenvalue weighted by Crippen LogP contribution is 2.27. The van der Waals surface area contributed by atoms with Crippen LogP contribution in [-0.2, 0) is 5.41 Å². The summed E-state index contributed by atoms with van der Waals surface area (Å²) in [5, 5.41) is 8.85. The summed E-state index contributed by atoms with van der Waals surface area (Å²) in [6.07, 6.45) is 1.83. The molecule has 0 unspecified atom stereocenters. The maximum atomic E-state index is 4.27. The van der Waals surface area contributed by atoms with Crippen molar-refractivity contribution in [3.05, 3.63) is 40.7 Å². The van der Waals surface area contributed by atoms with Gasteiger partial charge in [-0.1, -0.05) is 19.9 Å². The van der Waals surface area contributed by atoms with Crippen molar-refractivity contribution in [1.29, 1.82) is 0 Å². The van der Waals surface area contributed by atoms with Crippen LogP contribution in [0.25, 0.3) is 0 Å². The van der Waals surface area contributed by atoms with E-state index in [1.807, 2.05) is 29.7 Å². The number of aromatic nitrogens is 1. The van der Waals surface area contributed by atoms with E-state index in [2.05, 4.69) is 53.9 Å². The molecular weight excluding hydrogens is 254 g/mol. The van der Waals surface area contributed by atoms with Crippen molar-refractivity contribution in [3.63, 3.8) is 0 Å². The van der Waals surface area contributed by atoms with Gasteiger partial charge in [-0.3, -0.25) is 0 Å². The minimum Gasteiger partial charge on any atom is -0.384 e. The quantitative estimate of drug-likeness (QED) is 0.837. The molecule has 0 amide bonds. The Bertz CT molecular complexity index is 506. The lowest BCUT2D eigenvalue weighted by Gasteiger charge is -2.24. The van der Waals surface area contributed by atoms with Crippen molar-refractivity contribution >= 4 is 22.8 Å². The minimum atomic E-state index is 0.135. The SMILES string of the molecule is CCNc1cc(NCC(C)(C)c2cccs2)ccn1. The van der Waals surface area contributed by atoms with Gasteiger partial charge in [-0.25, -0.2) is 4.98 Å². The van der Waals surface area contributed by atoms with E-state index < -0.39 is 0 Å². The van der Waals surface area contributed by atoms with E-state index >= 15 is 0 Å². The summed E-state index contributed by atoms with van der Waals surface area (Å²) >= 11 is 1.81. The zero-order chi connectivity index (χ0) is 13.7. The maximum absolute atomic E-state index is 4.27. The Labute approximate surface area is 119 Å². The average molecular weight is 275 g/mol. The molecule has 2 aromatic heterocycles. The normalized spacial score (nSPS) is 11.3. The van der Waals surface area contributed by atoms with Crippen LogP contribution in [0.15, 0.2) is 35.8 Å². The largest absolute Gasteiger partial charge is 0.384 e. The van der Waals surface area contributed by atoms with Crippen molar-refractivity contribution in [3.8, 4) is 0 Å². The zero-order valence-electron chi connectivity index (χ0n) is 11.7. The van der Waals surface area contributed by atoms with Crippen LogP contribution in [0.2, 0.25) is 0 Å². The summed E-state index contributed by atoms with van der Waals surface area (Å²) < 4.78 is 0. The molecule has 0 bridgehead atoms. The molecule has 0 saturated heterocycles. The number of hydrogen-bond donors (Lipinski definition) is 2. The molecule has 0 atom stereocenters. The first-order valence-electron chi connectivity index (χ1n) is 6.59. The number of nitrogens with zero attached hydrogens (tertiary/aromatic N) is 1. The molecule has 0 saturated carbocycles. The van der Waals surface area contributed by atoms with Gasteiger partial charge in [0.2, 0.25) is 0 Å². The maximum Gasteiger partial charge on any atom is 0.127 e. The summed E-state index contributed by atoms with van der Waals surface area (Å²) in [7, 11) is 0. The fraction of sp³-hybridized carbons (Fsp3) is 0.400. The highest BCUT2D eigenvalue weighted by atomic mass is 32.1.